The van der Waals surface area contributed by atoms with E-state index in [-0.39, 0.29) is 0 Å². The Kier molecular flexibility index (Phi) is 2.14. The highest BCUT2D eigenvalue weighted by Crippen LogP contribution is 2.35. The number of aryl methyl sites for hydroxylation is 1. The molecule has 0 spiro atoms. The van der Waals surface area contributed by atoms with E-state index in [4.69, 9.17) is 5.73 Å². The molecule has 0 bridgehead atoms. The number of fused-ring (bicyclic) bond motifs is 1. The average molecular weight is 190 g/mol. The topological polar surface area (TPSA) is 29.3 Å². The third-order valence-corrected chi connectivity index (χ3v) is 2.90. The van der Waals surface area contributed by atoms with Crippen molar-refractivity contribution < 1.29 is 0 Å². The summed E-state index contributed by atoms with van der Waals surface area (Å²) in [6.45, 7) is 7.65. The molecule has 1 heterocycles. The zero-order chi connectivity index (χ0) is 10.3. The molecule has 1 aromatic rings. The molecule has 2 heteroatoms. The van der Waals surface area contributed by atoms with E-state index in [9.17, 15) is 0 Å². The predicted octanol–water partition coefficient (Wildman–Crippen LogP) is 2.35. The van der Waals surface area contributed by atoms with E-state index in [1.807, 2.05) is 0 Å². The fourth-order valence-electron chi connectivity index (χ4n) is 2.29. The predicted molar refractivity (Wildman–Crippen MR) is 61.8 cm³/mol. The van der Waals surface area contributed by atoms with Gasteiger partial charge in [-0.05, 0) is 44.4 Å². The number of anilines is 2. The van der Waals surface area contributed by atoms with Gasteiger partial charge in [-0.15, -0.1) is 0 Å². The van der Waals surface area contributed by atoms with Gasteiger partial charge in [-0.25, -0.2) is 0 Å². The molecule has 1 aliphatic rings. The van der Waals surface area contributed by atoms with Crippen molar-refractivity contribution in [2.45, 2.75) is 33.2 Å². The monoisotopic (exact) mass is 190 g/mol. The Morgan fingerprint density at radius 2 is 2.07 bits per heavy atom. The Morgan fingerprint density at radius 3 is 2.71 bits per heavy atom. The molecule has 0 aromatic heterocycles. The Hall–Kier alpha value is -1.18. The van der Waals surface area contributed by atoms with E-state index in [0.717, 1.165) is 18.7 Å². The van der Waals surface area contributed by atoms with Crippen LogP contribution in [0.3, 0.4) is 0 Å². The van der Waals surface area contributed by atoms with Crippen LogP contribution in [0.1, 0.15) is 25.0 Å². The number of benzene rings is 1. The smallest absolute Gasteiger partial charge is 0.0635 e. The highest BCUT2D eigenvalue weighted by atomic mass is 15.2. The van der Waals surface area contributed by atoms with Crippen LogP contribution in [0.25, 0.3) is 0 Å². The fraction of sp³-hybridized carbons (Fsp3) is 0.500. The lowest BCUT2D eigenvalue weighted by atomic mass is 10.1. The van der Waals surface area contributed by atoms with Crippen LogP contribution in [-0.2, 0) is 6.42 Å². The molecule has 0 amide bonds. The molecule has 0 fully saturated rings. The summed E-state index contributed by atoms with van der Waals surface area (Å²) < 4.78 is 0. The first-order chi connectivity index (χ1) is 6.59. The molecule has 76 valence electrons. The number of nitrogens with zero attached hydrogens (tertiary/aromatic N) is 1. The van der Waals surface area contributed by atoms with E-state index in [2.05, 4.69) is 37.8 Å². The van der Waals surface area contributed by atoms with Crippen molar-refractivity contribution in [2.75, 3.05) is 17.2 Å². The second-order valence-corrected chi connectivity index (χ2v) is 4.40. The maximum Gasteiger partial charge on any atom is 0.0635 e. The van der Waals surface area contributed by atoms with E-state index < -0.39 is 0 Å². The van der Waals surface area contributed by atoms with Crippen LogP contribution >= 0.6 is 0 Å². The minimum atomic E-state index is 0.543. The minimum Gasteiger partial charge on any atom is -0.397 e. The second kappa shape index (κ2) is 3.19. The molecule has 14 heavy (non-hydrogen) atoms. The third kappa shape index (κ3) is 1.35. The molecule has 1 aromatic carbocycles. The molecule has 0 saturated carbocycles. The Morgan fingerprint density at radius 1 is 1.36 bits per heavy atom. The zero-order valence-corrected chi connectivity index (χ0v) is 9.17. The standard InChI is InChI=1S/C12H18N2/c1-8(2)14-5-4-10-6-9(3)7-11(13)12(10)14/h6-8H,4-5,13H2,1-3H3. The van der Waals surface area contributed by atoms with Crippen LogP contribution in [0.4, 0.5) is 11.4 Å². The summed E-state index contributed by atoms with van der Waals surface area (Å²) in [5.74, 6) is 0. The lowest BCUT2D eigenvalue weighted by Gasteiger charge is -2.25. The second-order valence-electron chi connectivity index (χ2n) is 4.40. The molecule has 2 nitrogen and oxygen atoms in total. The number of nitrogen functional groups attached to an aromatic ring is 1. The van der Waals surface area contributed by atoms with Gasteiger partial charge in [0.2, 0.25) is 0 Å². The molecule has 2 rings (SSSR count). The lowest BCUT2D eigenvalue weighted by molar-refractivity contribution is 0.711. The first-order valence-corrected chi connectivity index (χ1v) is 5.25. The summed E-state index contributed by atoms with van der Waals surface area (Å²) in [7, 11) is 0. The van der Waals surface area contributed by atoms with Gasteiger partial charge in [0.1, 0.15) is 0 Å². The number of hydrogen-bond donors (Lipinski definition) is 1. The molecule has 0 atom stereocenters. The summed E-state index contributed by atoms with van der Waals surface area (Å²) in [5, 5.41) is 0. The van der Waals surface area contributed by atoms with Gasteiger partial charge in [-0.2, -0.15) is 0 Å². The van der Waals surface area contributed by atoms with Crippen molar-refractivity contribution >= 4 is 11.4 Å². The maximum atomic E-state index is 6.06. The normalized spacial score (nSPS) is 15.0. The van der Waals surface area contributed by atoms with Gasteiger partial charge >= 0.3 is 0 Å². The summed E-state index contributed by atoms with van der Waals surface area (Å²) in [4.78, 5) is 2.39. The highest BCUT2D eigenvalue weighted by Gasteiger charge is 2.23. The van der Waals surface area contributed by atoms with Gasteiger partial charge in [-0.3, -0.25) is 0 Å². The first kappa shape index (κ1) is 9.38. The quantitative estimate of drug-likeness (QED) is 0.689. The van der Waals surface area contributed by atoms with Crippen molar-refractivity contribution in [1.29, 1.82) is 0 Å². The van der Waals surface area contributed by atoms with Crippen molar-refractivity contribution in [3.63, 3.8) is 0 Å². The van der Waals surface area contributed by atoms with E-state index >= 15 is 0 Å². The van der Waals surface area contributed by atoms with E-state index in [1.165, 1.54) is 16.8 Å². The third-order valence-electron chi connectivity index (χ3n) is 2.90. The molecule has 1 aliphatic heterocycles. The van der Waals surface area contributed by atoms with Crippen LogP contribution in [-0.4, -0.2) is 12.6 Å². The molecular weight excluding hydrogens is 172 g/mol. The van der Waals surface area contributed by atoms with Crippen molar-refractivity contribution in [3.05, 3.63) is 23.3 Å². The fourth-order valence-corrected chi connectivity index (χ4v) is 2.29. The highest BCUT2D eigenvalue weighted by molar-refractivity contribution is 5.75. The van der Waals surface area contributed by atoms with E-state index in [1.54, 1.807) is 0 Å². The van der Waals surface area contributed by atoms with Gasteiger partial charge in [0.05, 0.1) is 11.4 Å². The van der Waals surface area contributed by atoms with Crippen LogP contribution < -0.4 is 10.6 Å². The summed E-state index contributed by atoms with van der Waals surface area (Å²) in [5.41, 5.74) is 10.9. The average Bonchev–Trinajstić information content (AvgIpc) is 2.47. The molecule has 2 N–H and O–H groups in total. The number of hydrogen-bond acceptors (Lipinski definition) is 2. The molecule has 0 aliphatic carbocycles. The minimum absolute atomic E-state index is 0.543. The first-order valence-electron chi connectivity index (χ1n) is 5.25. The van der Waals surface area contributed by atoms with Crippen LogP contribution in [0.5, 0.6) is 0 Å². The SMILES string of the molecule is Cc1cc(N)c2c(c1)CCN2C(C)C. The number of nitrogens with two attached hydrogens (primary N) is 1. The maximum absolute atomic E-state index is 6.06. The largest absolute Gasteiger partial charge is 0.397 e. The molecule has 0 unspecified atom stereocenters. The van der Waals surface area contributed by atoms with Gasteiger partial charge < -0.3 is 10.6 Å². The Balaban J connectivity index is 2.49. The van der Waals surface area contributed by atoms with Crippen molar-refractivity contribution in [1.82, 2.24) is 0 Å². The van der Waals surface area contributed by atoms with Crippen molar-refractivity contribution in [3.8, 4) is 0 Å². The van der Waals surface area contributed by atoms with Gasteiger partial charge in [0.15, 0.2) is 0 Å². The lowest BCUT2D eigenvalue weighted by Crippen LogP contribution is -2.28. The number of rotatable bonds is 1. The van der Waals surface area contributed by atoms with E-state index in [0.29, 0.717) is 6.04 Å². The summed E-state index contributed by atoms with van der Waals surface area (Å²) in [6.07, 6.45) is 1.14. The van der Waals surface area contributed by atoms with Crippen LogP contribution in [0, 0.1) is 6.92 Å². The summed E-state index contributed by atoms with van der Waals surface area (Å²) >= 11 is 0. The van der Waals surface area contributed by atoms with Crippen LogP contribution in [0.15, 0.2) is 12.1 Å². The van der Waals surface area contributed by atoms with Gasteiger partial charge in [0.25, 0.3) is 0 Å². The van der Waals surface area contributed by atoms with Crippen LogP contribution in [0.2, 0.25) is 0 Å². The Labute approximate surface area is 85.7 Å². The molecule has 0 saturated heterocycles. The Bertz CT molecular complexity index is 356. The zero-order valence-electron chi connectivity index (χ0n) is 9.17. The summed E-state index contributed by atoms with van der Waals surface area (Å²) in [6, 6.07) is 4.87. The van der Waals surface area contributed by atoms with Gasteiger partial charge in [0, 0.05) is 12.6 Å². The molecule has 0 radical (unpaired) electrons. The van der Waals surface area contributed by atoms with Crippen molar-refractivity contribution in [2.24, 2.45) is 0 Å². The molecular formula is C12H18N2. The van der Waals surface area contributed by atoms with Gasteiger partial charge in [-0.1, -0.05) is 6.07 Å².